The minimum Gasteiger partial charge on any atom is -0.207 e. The van der Waals surface area contributed by atoms with Crippen molar-refractivity contribution in [3.63, 3.8) is 0 Å². The van der Waals surface area contributed by atoms with E-state index in [1.807, 2.05) is 13.8 Å². The number of benzene rings is 1. The fourth-order valence-corrected chi connectivity index (χ4v) is 2.30. The number of aromatic nitrogens is 4. The van der Waals surface area contributed by atoms with E-state index in [0.29, 0.717) is 22.2 Å². The van der Waals surface area contributed by atoms with Gasteiger partial charge >= 0.3 is 0 Å². The number of hydrogen-bond acceptors (Lipinski definition) is 3. The number of nitrogens with zero attached hydrogens (tertiary/aromatic N) is 4. The molecule has 0 unspecified atom stereocenters. The summed E-state index contributed by atoms with van der Waals surface area (Å²) in [6.45, 7) is 3.72. The standard InChI is InChI=1S/C14H11ClF2N4/c1-7-8(2)14-19-18-12(21(14)20-13(7)15)5-9-3-4-10(16)6-11(9)17/h3-4,6H,5H2,1-2H3. The van der Waals surface area contributed by atoms with Gasteiger partial charge in [0, 0.05) is 18.1 Å². The number of aryl methyl sites for hydroxylation is 1. The molecule has 2 heterocycles. The Balaban J connectivity index is 2.09. The fraction of sp³-hybridized carbons (Fsp3) is 0.214. The molecule has 0 N–H and O–H groups in total. The van der Waals surface area contributed by atoms with Crippen molar-refractivity contribution < 1.29 is 8.78 Å². The van der Waals surface area contributed by atoms with Crippen molar-refractivity contribution in [3.8, 4) is 0 Å². The van der Waals surface area contributed by atoms with E-state index in [1.54, 1.807) is 0 Å². The summed E-state index contributed by atoms with van der Waals surface area (Å²) in [6.07, 6.45) is 0.152. The molecule has 4 nitrogen and oxygen atoms in total. The highest BCUT2D eigenvalue weighted by Gasteiger charge is 2.15. The second-order valence-electron chi connectivity index (χ2n) is 4.80. The Morgan fingerprint density at radius 1 is 1.14 bits per heavy atom. The molecule has 0 amide bonds. The summed E-state index contributed by atoms with van der Waals surface area (Å²) in [6, 6.07) is 3.43. The number of halogens is 3. The third-order valence-electron chi connectivity index (χ3n) is 3.46. The molecule has 0 aliphatic heterocycles. The van der Waals surface area contributed by atoms with Crippen molar-refractivity contribution >= 4 is 17.2 Å². The van der Waals surface area contributed by atoms with Crippen LogP contribution >= 0.6 is 11.6 Å². The van der Waals surface area contributed by atoms with Gasteiger partial charge in [-0.25, -0.2) is 8.78 Å². The maximum atomic E-state index is 13.7. The van der Waals surface area contributed by atoms with Gasteiger partial charge in [-0.1, -0.05) is 17.7 Å². The minimum absolute atomic E-state index is 0.152. The van der Waals surface area contributed by atoms with Gasteiger partial charge in [0.15, 0.2) is 16.6 Å². The van der Waals surface area contributed by atoms with Gasteiger partial charge in [0.1, 0.15) is 11.6 Å². The van der Waals surface area contributed by atoms with Gasteiger partial charge in [-0.2, -0.15) is 9.61 Å². The fourth-order valence-electron chi connectivity index (χ4n) is 2.08. The van der Waals surface area contributed by atoms with Crippen LogP contribution in [0.25, 0.3) is 5.65 Å². The molecule has 0 aliphatic rings. The van der Waals surface area contributed by atoms with Gasteiger partial charge in [-0.15, -0.1) is 10.2 Å². The highest BCUT2D eigenvalue weighted by Crippen LogP contribution is 2.21. The van der Waals surface area contributed by atoms with Crippen LogP contribution < -0.4 is 0 Å². The van der Waals surface area contributed by atoms with Gasteiger partial charge in [0.2, 0.25) is 0 Å². The zero-order valence-electron chi connectivity index (χ0n) is 11.4. The second-order valence-corrected chi connectivity index (χ2v) is 5.16. The average Bonchev–Trinajstić information content (AvgIpc) is 2.82. The topological polar surface area (TPSA) is 43.1 Å². The lowest BCUT2D eigenvalue weighted by molar-refractivity contribution is 0.573. The van der Waals surface area contributed by atoms with E-state index >= 15 is 0 Å². The van der Waals surface area contributed by atoms with E-state index < -0.39 is 11.6 Å². The summed E-state index contributed by atoms with van der Waals surface area (Å²) in [7, 11) is 0. The van der Waals surface area contributed by atoms with Crippen molar-refractivity contribution in [1.82, 2.24) is 19.8 Å². The lowest BCUT2D eigenvalue weighted by Gasteiger charge is -2.05. The van der Waals surface area contributed by atoms with Crippen LogP contribution in [0, 0.1) is 25.5 Å². The molecule has 108 valence electrons. The van der Waals surface area contributed by atoms with Crippen LogP contribution in [0.5, 0.6) is 0 Å². The first-order valence-electron chi connectivity index (χ1n) is 6.28. The third kappa shape index (κ3) is 2.35. The molecule has 2 aromatic heterocycles. The minimum atomic E-state index is -0.623. The Morgan fingerprint density at radius 2 is 1.90 bits per heavy atom. The molecular weight excluding hydrogens is 298 g/mol. The van der Waals surface area contributed by atoms with Crippen molar-refractivity contribution in [2.24, 2.45) is 0 Å². The van der Waals surface area contributed by atoms with Crippen LogP contribution in [-0.4, -0.2) is 19.8 Å². The largest absolute Gasteiger partial charge is 0.207 e. The molecule has 21 heavy (non-hydrogen) atoms. The predicted molar refractivity (Wildman–Crippen MR) is 74.4 cm³/mol. The normalized spacial score (nSPS) is 11.3. The smallest absolute Gasteiger partial charge is 0.181 e. The van der Waals surface area contributed by atoms with Crippen LogP contribution in [0.15, 0.2) is 18.2 Å². The predicted octanol–water partition coefficient (Wildman–Crippen LogP) is 3.26. The first-order valence-corrected chi connectivity index (χ1v) is 6.66. The summed E-state index contributed by atoms with van der Waals surface area (Å²) in [5.41, 5.74) is 2.60. The Morgan fingerprint density at radius 3 is 2.62 bits per heavy atom. The van der Waals surface area contributed by atoms with Crippen LogP contribution in [0.3, 0.4) is 0 Å². The molecule has 0 saturated carbocycles. The summed E-state index contributed by atoms with van der Waals surface area (Å²) < 4.78 is 28.1. The second kappa shape index (κ2) is 5.04. The van der Waals surface area contributed by atoms with E-state index in [0.717, 1.165) is 17.2 Å². The van der Waals surface area contributed by atoms with Gasteiger partial charge in [0.05, 0.1) is 0 Å². The molecule has 0 saturated heterocycles. The van der Waals surface area contributed by atoms with Crippen molar-refractivity contribution in [2.45, 2.75) is 20.3 Å². The van der Waals surface area contributed by atoms with E-state index in [4.69, 9.17) is 11.6 Å². The molecule has 0 bridgehead atoms. The Labute approximate surface area is 124 Å². The van der Waals surface area contributed by atoms with Crippen molar-refractivity contribution in [2.75, 3.05) is 0 Å². The lowest BCUT2D eigenvalue weighted by atomic mass is 10.1. The summed E-state index contributed by atoms with van der Waals surface area (Å²) in [5, 5.41) is 12.6. The molecule has 0 aliphatic carbocycles. The monoisotopic (exact) mass is 308 g/mol. The summed E-state index contributed by atoms with van der Waals surface area (Å²) in [4.78, 5) is 0. The first-order chi connectivity index (χ1) is 9.97. The third-order valence-corrected chi connectivity index (χ3v) is 3.82. The summed E-state index contributed by atoms with van der Waals surface area (Å²) in [5.74, 6) is -0.794. The molecule has 0 radical (unpaired) electrons. The summed E-state index contributed by atoms with van der Waals surface area (Å²) >= 11 is 6.07. The highest BCUT2D eigenvalue weighted by molar-refractivity contribution is 6.30. The van der Waals surface area contributed by atoms with E-state index in [9.17, 15) is 8.78 Å². The van der Waals surface area contributed by atoms with Crippen LogP contribution in [0.4, 0.5) is 8.78 Å². The molecule has 3 rings (SSSR count). The number of fused-ring (bicyclic) bond motifs is 1. The molecule has 0 atom stereocenters. The van der Waals surface area contributed by atoms with Crippen molar-refractivity contribution in [3.05, 3.63) is 57.5 Å². The molecule has 3 aromatic rings. The van der Waals surface area contributed by atoms with E-state index in [2.05, 4.69) is 15.3 Å². The quantitative estimate of drug-likeness (QED) is 0.730. The highest BCUT2D eigenvalue weighted by atomic mass is 35.5. The van der Waals surface area contributed by atoms with Crippen molar-refractivity contribution in [1.29, 1.82) is 0 Å². The lowest BCUT2D eigenvalue weighted by Crippen LogP contribution is -2.04. The van der Waals surface area contributed by atoms with Gasteiger partial charge in [0.25, 0.3) is 0 Å². The Hall–Kier alpha value is -2.08. The first kappa shape index (κ1) is 13.9. The Bertz CT molecular complexity index is 845. The number of rotatable bonds is 2. The van der Waals surface area contributed by atoms with Gasteiger partial charge in [-0.05, 0) is 31.0 Å². The maximum absolute atomic E-state index is 13.7. The molecule has 0 fully saturated rings. The number of hydrogen-bond donors (Lipinski definition) is 0. The van der Waals surface area contributed by atoms with Gasteiger partial charge in [-0.3, -0.25) is 0 Å². The van der Waals surface area contributed by atoms with E-state index in [-0.39, 0.29) is 6.42 Å². The van der Waals surface area contributed by atoms with Crippen LogP contribution in [0.1, 0.15) is 22.5 Å². The van der Waals surface area contributed by atoms with Crippen LogP contribution in [-0.2, 0) is 6.42 Å². The molecule has 7 heteroatoms. The van der Waals surface area contributed by atoms with Crippen LogP contribution in [0.2, 0.25) is 5.15 Å². The zero-order chi connectivity index (χ0) is 15.1. The molecular formula is C14H11ClF2N4. The average molecular weight is 309 g/mol. The maximum Gasteiger partial charge on any atom is 0.181 e. The Kier molecular flexibility index (Phi) is 3.33. The SMILES string of the molecule is Cc1c(Cl)nn2c(Cc3ccc(F)cc3F)nnc2c1C. The van der Waals surface area contributed by atoms with E-state index in [1.165, 1.54) is 16.6 Å². The molecule has 0 spiro atoms. The van der Waals surface area contributed by atoms with Gasteiger partial charge < -0.3 is 0 Å². The zero-order valence-corrected chi connectivity index (χ0v) is 12.1. The molecule has 1 aromatic carbocycles.